The quantitative estimate of drug-likeness (QED) is 0.656. The van der Waals surface area contributed by atoms with Gasteiger partial charge in [0.25, 0.3) is 0 Å². The Morgan fingerprint density at radius 1 is 1.16 bits per heavy atom. The SMILES string of the molecule is Cc1ccc(F)cc1OCCCc1cccc(N)c1. The molecule has 0 heterocycles. The van der Waals surface area contributed by atoms with Crippen LogP contribution in [0.15, 0.2) is 42.5 Å². The van der Waals surface area contributed by atoms with Crippen LogP contribution < -0.4 is 10.5 Å². The normalized spacial score (nSPS) is 10.4. The molecule has 3 heteroatoms. The van der Waals surface area contributed by atoms with Gasteiger partial charge in [-0.1, -0.05) is 18.2 Å². The highest BCUT2D eigenvalue weighted by Crippen LogP contribution is 2.19. The van der Waals surface area contributed by atoms with Gasteiger partial charge in [0.15, 0.2) is 0 Å². The molecular formula is C16H18FNO. The van der Waals surface area contributed by atoms with Gasteiger partial charge in [-0.05, 0) is 49.1 Å². The molecule has 0 aliphatic carbocycles. The van der Waals surface area contributed by atoms with Crippen molar-refractivity contribution in [3.8, 4) is 5.75 Å². The molecule has 100 valence electrons. The zero-order valence-electron chi connectivity index (χ0n) is 11.0. The summed E-state index contributed by atoms with van der Waals surface area (Å²) in [5, 5.41) is 0. The second-order valence-corrected chi connectivity index (χ2v) is 4.61. The number of benzene rings is 2. The maximum absolute atomic E-state index is 13.1. The molecule has 0 aliphatic heterocycles. The number of aryl methyl sites for hydroxylation is 2. The molecule has 2 aromatic carbocycles. The van der Waals surface area contributed by atoms with E-state index in [-0.39, 0.29) is 5.82 Å². The number of halogens is 1. The third-order valence-corrected chi connectivity index (χ3v) is 2.97. The van der Waals surface area contributed by atoms with Gasteiger partial charge in [0.1, 0.15) is 11.6 Å². The van der Waals surface area contributed by atoms with Crippen molar-refractivity contribution in [2.24, 2.45) is 0 Å². The van der Waals surface area contributed by atoms with Crippen LogP contribution in [0.3, 0.4) is 0 Å². The third-order valence-electron chi connectivity index (χ3n) is 2.97. The van der Waals surface area contributed by atoms with Gasteiger partial charge >= 0.3 is 0 Å². The fourth-order valence-corrected chi connectivity index (χ4v) is 1.94. The molecule has 2 aromatic rings. The Morgan fingerprint density at radius 3 is 2.79 bits per heavy atom. The highest BCUT2D eigenvalue weighted by atomic mass is 19.1. The van der Waals surface area contributed by atoms with Gasteiger partial charge in [0.2, 0.25) is 0 Å². The van der Waals surface area contributed by atoms with Crippen molar-refractivity contribution in [3.63, 3.8) is 0 Å². The molecule has 0 spiro atoms. The van der Waals surface area contributed by atoms with Crippen molar-refractivity contribution in [2.75, 3.05) is 12.3 Å². The molecule has 0 saturated heterocycles. The smallest absolute Gasteiger partial charge is 0.126 e. The Kier molecular flexibility index (Phi) is 4.39. The summed E-state index contributed by atoms with van der Waals surface area (Å²) in [4.78, 5) is 0. The van der Waals surface area contributed by atoms with E-state index in [0.29, 0.717) is 12.4 Å². The lowest BCUT2D eigenvalue weighted by Gasteiger charge is -2.09. The van der Waals surface area contributed by atoms with E-state index in [1.54, 1.807) is 6.07 Å². The van der Waals surface area contributed by atoms with E-state index in [2.05, 4.69) is 0 Å². The van der Waals surface area contributed by atoms with E-state index >= 15 is 0 Å². The van der Waals surface area contributed by atoms with E-state index in [0.717, 1.165) is 24.1 Å². The molecule has 0 fully saturated rings. The average molecular weight is 259 g/mol. The second kappa shape index (κ2) is 6.23. The van der Waals surface area contributed by atoms with Crippen LogP contribution in [-0.4, -0.2) is 6.61 Å². The largest absolute Gasteiger partial charge is 0.493 e. The predicted octanol–water partition coefficient (Wildman–Crippen LogP) is 3.73. The first-order chi connectivity index (χ1) is 9.15. The maximum atomic E-state index is 13.1. The summed E-state index contributed by atoms with van der Waals surface area (Å²) in [7, 11) is 0. The molecule has 0 amide bonds. The number of rotatable bonds is 5. The summed E-state index contributed by atoms with van der Waals surface area (Å²) in [6, 6.07) is 12.4. The minimum absolute atomic E-state index is 0.267. The molecule has 0 unspecified atom stereocenters. The van der Waals surface area contributed by atoms with Crippen LogP contribution in [0, 0.1) is 12.7 Å². The Labute approximate surface area is 113 Å². The summed E-state index contributed by atoms with van der Waals surface area (Å²) >= 11 is 0. The van der Waals surface area contributed by atoms with Crippen LogP contribution in [0.5, 0.6) is 5.75 Å². The molecule has 0 aliphatic rings. The summed E-state index contributed by atoms with van der Waals surface area (Å²) in [6.45, 7) is 2.48. The summed E-state index contributed by atoms with van der Waals surface area (Å²) in [5.74, 6) is 0.351. The van der Waals surface area contributed by atoms with Gasteiger partial charge in [0, 0.05) is 11.8 Å². The predicted molar refractivity (Wildman–Crippen MR) is 75.8 cm³/mol. The molecule has 0 aromatic heterocycles. The van der Waals surface area contributed by atoms with Gasteiger partial charge in [-0.2, -0.15) is 0 Å². The second-order valence-electron chi connectivity index (χ2n) is 4.61. The Morgan fingerprint density at radius 2 is 2.00 bits per heavy atom. The van der Waals surface area contributed by atoms with Crippen LogP contribution in [0.4, 0.5) is 10.1 Å². The van der Waals surface area contributed by atoms with E-state index in [9.17, 15) is 4.39 Å². The Bertz CT molecular complexity index is 554. The van der Waals surface area contributed by atoms with Crippen LogP contribution in [0.2, 0.25) is 0 Å². The molecule has 2 nitrogen and oxygen atoms in total. The third kappa shape index (κ3) is 3.98. The number of nitrogens with two attached hydrogens (primary N) is 1. The Balaban J connectivity index is 1.82. The van der Waals surface area contributed by atoms with E-state index in [1.807, 2.05) is 31.2 Å². The number of hydrogen-bond donors (Lipinski definition) is 1. The van der Waals surface area contributed by atoms with Gasteiger partial charge in [-0.25, -0.2) is 4.39 Å². The fourth-order valence-electron chi connectivity index (χ4n) is 1.94. The fraction of sp³-hybridized carbons (Fsp3) is 0.250. The summed E-state index contributed by atoms with van der Waals surface area (Å²) < 4.78 is 18.7. The van der Waals surface area contributed by atoms with E-state index in [1.165, 1.54) is 17.7 Å². The first kappa shape index (κ1) is 13.4. The molecule has 2 N–H and O–H groups in total. The van der Waals surface area contributed by atoms with Crippen molar-refractivity contribution in [1.29, 1.82) is 0 Å². The van der Waals surface area contributed by atoms with Gasteiger partial charge < -0.3 is 10.5 Å². The monoisotopic (exact) mass is 259 g/mol. The zero-order chi connectivity index (χ0) is 13.7. The van der Waals surface area contributed by atoms with Crippen molar-refractivity contribution in [1.82, 2.24) is 0 Å². The van der Waals surface area contributed by atoms with E-state index < -0.39 is 0 Å². The molecule has 0 saturated carbocycles. The number of hydrogen-bond acceptors (Lipinski definition) is 2. The molecule has 0 atom stereocenters. The highest BCUT2D eigenvalue weighted by Gasteiger charge is 2.01. The topological polar surface area (TPSA) is 35.2 Å². The molecule has 19 heavy (non-hydrogen) atoms. The first-order valence-electron chi connectivity index (χ1n) is 6.38. The lowest BCUT2D eigenvalue weighted by atomic mass is 10.1. The van der Waals surface area contributed by atoms with Crippen molar-refractivity contribution in [3.05, 3.63) is 59.4 Å². The van der Waals surface area contributed by atoms with Crippen molar-refractivity contribution >= 4 is 5.69 Å². The molecule has 0 radical (unpaired) electrons. The highest BCUT2D eigenvalue weighted by molar-refractivity contribution is 5.40. The summed E-state index contributed by atoms with van der Waals surface area (Å²) in [6.07, 6.45) is 1.78. The van der Waals surface area contributed by atoms with Crippen LogP contribution >= 0.6 is 0 Å². The van der Waals surface area contributed by atoms with Crippen LogP contribution in [0.1, 0.15) is 17.5 Å². The molecule has 2 rings (SSSR count). The lowest BCUT2D eigenvalue weighted by molar-refractivity contribution is 0.307. The Hall–Kier alpha value is -2.03. The van der Waals surface area contributed by atoms with Gasteiger partial charge in [-0.3, -0.25) is 0 Å². The van der Waals surface area contributed by atoms with Gasteiger partial charge in [0.05, 0.1) is 6.61 Å². The van der Waals surface area contributed by atoms with Crippen molar-refractivity contribution in [2.45, 2.75) is 19.8 Å². The standard InChI is InChI=1S/C16H18FNO/c1-12-7-8-14(17)11-16(12)19-9-3-5-13-4-2-6-15(18)10-13/h2,4,6-8,10-11H,3,5,9,18H2,1H3. The number of anilines is 1. The maximum Gasteiger partial charge on any atom is 0.126 e. The van der Waals surface area contributed by atoms with Gasteiger partial charge in [-0.15, -0.1) is 0 Å². The zero-order valence-corrected chi connectivity index (χ0v) is 11.0. The van der Waals surface area contributed by atoms with Crippen LogP contribution in [-0.2, 0) is 6.42 Å². The summed E-state index contributed by atoms with van der Waals surface area (Å²) in [5.41, 5.74) is 8.64. The van der Waals surface area contributed by atoms with Crippen LogP contribution in [0.25, 0.3) is 0 Å². The van der Waals surface area contributed by atoms with E-state index in [4.69, 9.17) is 10.5 Å². The van der Waals surface area contributed by atoms with Crippen molar-refractivity contribution < 1.29 is 9.13 Å². The first-order valence-corrected chi connectivity index (χ1v) is 6.38. The molecular weight excluding hydrogens is 241 g/mol. The molecule has 0 bridgehead atoms. The number of ether oxygens (including phenoxy) is 1. The average Bonchev–Trinajstić information content (AvgIpc) is 2.39. The minimum atomic E-state index is -0.267. The lowest BCUT2D eigenvalue weighted by Crippen LogP contribution is -2.01. The number of nitrogen functional groups attached to an aromatic ring is 1. The minimum Gasteiger partial charge on any atom is -0.493 e.